The number of rotatable bonds is 6. The Balaban J connectivity index is 1.90. The molecule has 156 valence electrons. The van der Waals surface area contributed by atoms with Gasteiger partial charge in [-0.1, -0.05) is 12.1 Å². The van der Waals surface area contributed by atoms with E-state index in [2.05, 4.69) is 24.1 Å². The van der Waals surface area contributed by atoms with Crippen molar-refractivity contribution in [2.45, 2.75) is 13.8 Å². The number of carbonyl (C=O) groups is 3. The van der Waals surface area contributed by atoms with Crippen LogP contribution >= 0.6 is 0 Å². The van der Waals surface area contributed by atoms with E-state index in [1.807, 2.05) is 55.4 Å². The number of carbonyl (C=O) groups excluding carboxylic acids is 3. The second-order valence-electron chi connectivity index (χ2n) is 7.13. The highest BCUT2D eigenvalue weighted by atomic mass is 16.2. The summed E-state index contributed by atoms with van der Waals surface area (Å²) in [6.07, 6.45) is 1.50. The van der Waals surface area contributed by atoms with Crippen molar-refractivity contribution in [1.82, 2.24) is 5.32 Å². The SMILES string of the molecule is CCN(CC)c1ccc(N2C(=O)NC(=O)/C(=C\c3ccc(N(C)C)cc3)C2=O)cc1. The molecule has 0 aliphatic carbocycles. The van der Waals surface area contributed by atoms with Crippen LogP contribution in [0.4, 0.5) is 21.9 Å². The highest BCUT2D eigenvalue weighted by Gasteiger charge is 2.36. The molecule has 0 atom stereocenters. The Morgan fingerprint density at radius 1 is 0.867 bits per heavy atom. The van der Waals surface area contributed by atoms with Gasteiger partial charge < -0.3 is 9.80 Å². The Morgan fingerprint density at radius 2 is 1.43 bits per heavy atom. The molecular formula is C23H26N4O3. The van der Waals surface area contributed by atoms with Gasteiger partial charge in [0.1, 0.15) is 5.57 Å². The second-order valence-corrected chi connectivity index (χ2v) is 7.13. The molecule has 2 aromatic rings. The lowest BCUT2D eigenvalue weighted by Gasteiger charge is -2.27. The molecule has 0 aromatic heterocycles. The van der Waals surface area contributed by atoms with Crippen LogP contribution in [0, 0.1) is 0 Å². The zero-order valence-electron chi connectivity index (χ0n) is 17.7. The van der Waals surface area contributed by atoms with Crippen molar-refractivity contribution in [3.63, 3.8) is 0 Å². The van der Waals surface area contributed by atoms with Gasteiger partial charge in [-0.3, -0.25) is 14.9 Å². The van der Waals surface area contributed by atoms with Gasteiger partial charge in [0.25, 0.3) is 11.8 Å². The molecule has 1 aliphatic heterocycles. The quantitative estimate of drug-likeness (QED) is 0.589. The van der Waals surface area contributed by atoms with Crippen molar-refractivity contribution in [2.24, 2.45) is 0 Å². The molecule has 1 fully saturated rings. The Kier molecular flexibility index (Phi) is 6.20. The molecule has 0 unspecified atom stereocenters. The first-order valence-electron chi connectivity index (χ1n) is 9.89. The number of anilines is 3. The lowest BCUT2D eigenvalue weighted by molar-refractivity contribution is -0.122. The molecule has 2 aromatic carbocycles. The normalized spacial score (nSPS) is 15.4. The largest absolute Gasteiger partial charge is 0.378 e. The summed E-state index contributed by atoms with van der Waals surface area (Å²) in [4.78, 5) is 42.8. The molecule has 1 N–H and O–H groups in total. The molecule has 0 bridgehead atoms. The number of nitrogens with one attached hydrogen (secondary N) is 1. The first-order valence-corrected chi connectivity index (χ1v) is 9.89. The fraction of sp³-hybridized carbons (Fsp3) is 0.261. The van der Waals surface area contributed by atoms with Gasteiger partial charge in [-0.15, -0.1) is 0 Å². The van der Waals surface area contributed by atoms with Gasteiger partial charge in [-0.05, 0) is 61.9 Å². The van der Waals surface area contributed by atoms with E-state index in [9.17, 15) is 14.4 Å². The van der Waals surface area contributed by atoms with Gasteiger partial charge in [0.2, 0.25) is 0 Å². The number of benzene rings is 2. The third kappa shape index (κ3) is 4.20. The number of imide groups is 2. The molecule has 4 amide bonds. The van der Waals surface area contributed by atoms with Crippen molar-refractivity contribution in [3.8, 4) is 0 Å². The van der Waals surface area contributed by atoms with E-state index in [1.54, 1.807) is 12.1 Å². The van der Waals surface area contributed by atoms with Gasteiger partial charge >= 0.3 is 6.03 Å². The number of amides is 4. The highest BCUT2D eigenvalue weighted by molar-refractivity contribution is 6.39. The van der Waals surface area contributed by atoms with Crippen molar-refractivity contribution >= 4 is 41.0 Å². The summed E-state index contributed by atoms with van der Waals surface area (Å²) in [6.45, 7) is 5.83. The van der Waals surface area contributed by atoms with Gasteiger partial charge in [0, 0.05) is 38.6 Å². The summed E-state index contributed by atoms with van der Waals surface area (Å²) in [7, 11) is 3.86. The monoisotopic (exact) mass is 406 g/mol. The number of nitrogens with zero attached hydrogens (tertiary/aromatic N) is 3. The van der Waals surface area contributed by atoms with Crippen molar-refractivity contribution < 1.29 is 14.4 Å². The molecule has 30 heavy (non-hydrogen) atoms. The number of barbiturate groups is 1. The second kappa shape index (κ2) is 8.82. The van der Waals surface area contributed by atoms with Crippen LogP contribution in [0.15, 0.2) is 54.1 Å². The van der Waals surface area contributed by atoms with E-state index >= 15 is 0 Å². The Labute approximate surface area is 176 Å². The molecule has 0 spiro atoms. The molecular weight excluding hydrogens is 380 g/mol. The van der Waals surface area contributed by atoms with E-state index < -0.39 is 17.8 Å². The van der Waals surface area contributed by atoms with Crippen molar-refractivity contribution in [2.75, 3.05) is 41.9 Å². The number of hydrogen-bond donors (Lipinski definition) is 1. The molecule has 0 saturated carbocycles. The van der Waals surface area contributed by atoms with Crippen LogP contribution in [0.1, 0.15) is 19.4 Å². The zero-order chi connectivity index (χ0) is 21.8. The van der Waals surface area contributed by atoms with Gasteiger partial charge in [-0.2, -0.15) is 0 Å². The molecule has 7 heteroatoms. The van der Waals surface area contributed by atoms with Crippen LogP contribution in [0.5, 0.6) is 0 Å². The van der Waals surface area contributed by atoms with E-state index in [4.69, 9.17) is 0 Å². The lowest BCUT2D eigenvalue weighted by Crippen LogP contribution is -2.54. The zero-order valence-corrected chi connectivity index (χ0v) is 17.7. The number of urea groups is 1. The Hall–Kier alpha value is -3.61. The van der Waals surface area contributed by atoms with Crippen LogP contribution in [-0.2, 0) is 9.59 Å². The van der Waals surface area contributed by atoms with E-state index in [-0.39, 0.29) is 5.57 Å². The lowest BCUT2D eigenvalue weighted by atomic mass is 10.1. The van der Waals surface area contributed by atoms with Gasteiger partial charge in [0.05, 0.1) is 5.69 Å². The minimum atomic E-state index is -0.749. The van der Waals surface area contributed by atoms with Crippen LogP contribution in [0.2, 0.25) is 0 Å². The third-order valence-corrected chi connectivity index (χ3v) is 5.06. The maximum atomic E-state index is 13.0. The standard InChI is InChI=1S/C23H26N4O3/c1-5-26(6-2)18-11-13-19(14-12-18)27-22(29)20(21(28)24-23(27)30)15-16-7-9-17(10-8-16)25(3)4/h7-15H,5-6H2,1-4H3,(H,24,28,30)/b20-15+. The maximum absolute atomic E-state index is 13.0. The summed E-state index contributed by atoms with van der Waals surface area (Å²) >= 11 is 0. The first kappa shape index (κ1) is 21.1. The third-order valence-electron chi connectivity index (χ3n) is 5.06. The predicted molar refractivity (Wildman–Crippen MR) is 120 cm³/mol. The Morgan fingerprint density at radius 3 is 1.97 bits per heavy atom. The Bertz CT molecular complexity index is 975. The van der Waals surface area contributed by atoms with Crippen molar-refractivity contribution in [1.29, 1.82) is 0 Å². The minimum Gasteiger partial charge on any atom is -0.378 e. The van der Waals surface area contributed by atoms with Crippen LogP contribution in [0.3, 0.4) is 0 Å². The minimum absolute atomic E-state index is 0.0833. The van der Waals surface area contributed by atoms with Gasteiger partial charge in [0.15, 0.2) is 0 Å². The summed E-state index contributed by atoms with van der Waals surface area (Å²) in [5.74, 6) is -1.34. The van der Waals surface area contributed by atoms with Crippen LogP contribution in [-0.4, -0.2) is 45.0 Å². The highest BCUT2D eigenvalue weighted by Crippen LogP contribution is 2.25. The predicted octanol–water partition coefficient (Wildman–Crippen LogP) is 3.27. The van der Waals surface area contributed by atoms with E-state index in [0.717, 1.165) is 29.4 Å². The maximum Gasteiger partial charge on any atom is 0.335 e. The fourth-order valence-electron chi connectivity index (χ4n) is 3.33. The van der Waals surface area contributed by atoms with E-state index in [1.165, 1.54) is 6.08 Å². The first-order chi connectivity index (χ1) is 14.3. The van der Waals surface area contributed by atoms with Crippen LogP contribution in [0.25, 0.3) is 6.08 Å². The number of hydrogen-bond acceptors (Lipinski definition) is 5. The van der Waals surface area contributed by atoms with Gasteiger partial charge in [-0.25, -0.2) is 9.69 Å². The van der Waals surface area contributed by atoms with E-state index in [0.29, 0.717) is 11.3 Å². The van der Waals surface area contributed by atoms with Crippen LogP contribution < -0.4 is 20.0 Å². The smallest absolute Gasteiger partial charge is 0.335 e. The molecule has 0 radical (unpaired) electrons. The summed E-state index contributed by atoms with van der Waals surface area (Å²) in [5.41, 5.74) is 3.03. The topological polar surface area (TPSA) is 73.0 Å². The summed E-state index contributed by atoms with van der Waals surface area (Å²) < 4.78 is 0. The molecule has 1 heterocycles. The molecule has 3 rings (SSSR count). The summed E-state index contributed by atoms with van der Waals surface area (Å²) in [6, 6.07) is 13.8. The molecule has 1 saturated heterocycles. The summed E-state index contributed by atoms with van der Waals surface area (Å²) in [5, 5.41) is 2.26. The fourth-order valence-corrected chi connectivity index (χ4v) is 3.33. The average molecular weight is 406 g/mol. The molecule has 1 aliphatic rings. The molecule has 7 nitrogen and oxygen atoms in total. The van der Waals surface area contributed by atoms with Crippen molar-refractivity contribution in [3.05, 3.63) is 59.7 Å². The average Bonchev–Trinajstić information content (AvgIpc) is 2.73.